The molecule has 0 aliphatic carbocycles. The van der Waals surface area contributed by atoms with Gasteiger partial charge in [0.05, 0.1) is 16.3 Å². The number of anilines is 2. The predicted molar refractivity (Wildman–Crippen MR) is 114 cm³/mol. The molecule has 1 saturated heterocycles. The van der Waals surface area contributed by atoms with Crippen molar-refractivity contribution in [3.63, 3.8) is 0 Å². The third-order valence-electron chi connectivity index (χ3n) is 5.19. The molecule has 5 nitrogen and oxygen atoms in total. The Balaban J connectivity index is 1.71. The van der Waals surface area contributed by atoms with Gasteiger partial charge in [-0.3, -0.25) is 9.59 Å². The van der Waals surface area contributed by atoms with Crippen LogP contribution in [0.2, 0.25) is 5.02 Å². The van der Waals surface area contributed by atoms with E-state index in [1.165, 1.54) is 13.0 Å². The molecular formula is C22H23ClF3N3O2. The Morgan fingerprint density at radius 2 is 2.00 bits per heavy atom. The molecule has 1 aliphatic heterocycles. The van der Waals surface area contributed by atoms with Crippen LogP contribution in [-0.4, -0.2) is 29.8 Å². The van der Waals surface area contributed by atoms with Gasteiger partial charge in [0.1, 0.15) is 5.82 Å². The third kappa shape index (κ3) is 5.97. The van der Waals surface area contributed by atoms with E-state index in [0.717, 1.165) is 25.0 Å². The summed E-state index contributed by atoms with van der Waals surface area (Å²) in [4.78, 5) is 30.3. The maximum atomic E-state index is 12.9. The number of rotatable bonds is 5. The summed E-state index contributed by atoms with van der Waals surface area (Å²) in [5, 5.41) is 2.64. The van der Waals surface area contributed by atoms with Crippen LogP contribution in [0.15, 0.2) is 30.3 Å². The Labute approximate surface area is 183 Å². The number of benzene rings is 1. The van der Waals surface area contributed by atoms with Crippen LogP contribution in [0.1, 0.15) is 47.8 Å². The molecule has 0 bridgehead atoms. The van der Waals surface area contributed by atoms with Gasteiger partial charge in [-0.1, -0.05) is 11.6 Å². The van der Waals surface area contributed by atoms with Gasteiger partial charge in [-0.05, 0) is 56.0 Å². The second kappa shape index (κ2) is 9.26. The summed E-state index contributed by atoms with van der Waals surface area (Å²) in [6.07, 6.45) is -2.51. The number of nitrogens with zero attached hydrogens (tertiary/aromatic N) is 2. The Hall–Kier alpha value is -2.61. The number of halogens is 4. The summed E-state index contributed by atoms with van der Waals surface area (Å²) in [6.45, 7) is 4.31. The van der Waals surface area contributed by atoms with Crippen LogP contribution in [0.25, 0.3) is 0 Å². The number of aryl methyl sites for hydroxylation is 1. The number of Topliss-reactive ketones (excluding diaryl/α,β-unsaturated/α-hetero) is 1. The van der Waals surface area contributed by atoms with E-state index in [-0.39, 0.29) is 29.1 Å². The zero-order valence-electron chi connectivity index (χ0n) is 17.2. The zero-order chi connectivity index (χ0) is 22.8. The minimum Gasteiger partial charge on any atom is -0.370 e. The van der Waals surface area contributed by atoms with Crippen LogP contribution < -0.4 is 10.2 Å². The lowest BCUT2D eigenvalue weighted by Crippen LogP contribution is -2.36. The number of piperidine rings is 1. The maximum Gasteiger partial charge on any atom is 0.416 e. The van der Waals surface area contributed by atoms with Crippen LogP contribution in [-0.2, 0) is 11.0 Å². The van der Waals surface area contributed by atoms with Gasteiger partial charge in [-0.25, -0.2) is 4.98 Å². The first-order chi connectivity index (χ1) is 14.5. The number of aromatic nitrogens is 1. The number of carbonyl (C=O) groups is 2. The van der Waals surface area contributed by atoms with E-state index in [1.54, 1.807) is 19.1 Å². The van der Waals surface area contributed by atoms with Crippen molar-refractivity contribution in [1.82, 2.24) is 4.98 Å². The molecule has 1 N–H and O–H groups in total. The van der Waals surface area contributed by atoms with E-state index >= 15 is 0 Å². The molecule has 1 aromatic carbocycles. The summed E-state index contributed by atoms with van der Waals surface area (Å²) in [7, 11) is 0. The molecule has 0 saturated carbocycles. The lowest BCUT2D eigenvalue weighted by molar-refractivity contribution is -0.137. The lowest BCUT2D eigenvalue weighted by atomic mass is 9.90. The number of amides is 1. The molecule has 2 heterocycles. The van der Waals surface area contributed by atoms with Gasteiger partial charge in [-0.2, -0.15) is 13.2 Å². The van der Waals surface area contributed by atoms with Gasteiger partial charge in [0.15, 0.2) is 5.78 Å². The fourth-order valence-electron chi connectivity index (χ4n) is 3.84. The van der Waals surface area contributed by atoms with E-state index in [1.807, 2.05) is 4.90 Å². The first-order valence-electron chi connectivity index (χ1n) is 9.94. The topological polar surface area (TPSA) is 62.3 Å². The second-order valence-corrected chi connectivity index (χ2v) is 8.22. The Morgan fingerprint density at radius 3 is 2.65 bits per heavy atom. The molecule has 1 aromatic heterocycles. The number of nitrogens with one attached hydrogen (secondary N) is 1. The van der Waals surface area contributed by atoms with E-state index in [9.17, 15) is 22.8 Å². The Kier molecular flexibility index (Phi) is 6.89. The molecule has 0 unspecified atom stereocenters. The van der Waals surface area contributed by atoms with Crippen molar-refractivity contribution < 1.29 is 22.8 Å². The number of carbonyl (C=O) groups excluding carboxylic acids is 2. The van der Waals surface area contributed by atoms with Crippen molar-refractivity contribution in [2.24, 2.45) is 5.92 Å². The summed E-state index contributed by atoms with van der Waals surface area (Å²) >= 11 is 6.14. The molecule has 1 fully saturated rings. The molecule has 2 aromatic rings. The zero-order valence-corrected chi connectivity index (χ0v) is 18.0. The molecule has 0 spiro atoms. The van der Waals surface area contributed by atoms with Gasteiger partial charge >= 0.3 is 6.18 Å². The molecule has 1 aliphatic rings. The van der Waals surface area contributed by atoms with E-state index in [4.69, 9.17) is 11.6 Å². The van der Waals surface area contributed by atoms with Crippen LogP contribution >= 0.6 is 11.6 Å². The van der Waals surface area contributed by atoms with E-state index < -0.39 is 11.7 Å². The fourth-order valence-corrected chi connectivity index (χ4v) is 4.14. The number of hydrogen-bond donors (Lipinski definition) is 1. The minimum absolute atomic E-state index is 0.0392. The molecule has 1 amide bonds. The molecular weight excluding hydrogens is 431 g/mol. The SMILES string of the molecule is CC(=O)Nc1cc(C(=O)C[C@@H]2CCCN(c3ccc(C(F)(F)F)cc3Cl)C2)cc(C)n1. The summed E-state index contributed by atoms with van der Waals surface area (Å²) in [6, 6.07) is 6.60. The standard InChI is InChI=1S/C22H23ClF3N3O2/c1-13-8-16(10-21(27-13)28-14(2)30)20(31)9-15-4-3-7-29(12-15)19-6-5-17(11-18(19)23)22(24,25)26/h5-6,8,10-11,15H,3-4,7,9,12H2,1-2H3,(H,27,28,30)/t15-/m0/s1. The van der Waals surface area contributed by atoms with Gasteiger partial charge in [0.25, 0.3) is 0 Å². The Morgan fingerprint density at radius 1 is 1.26 bits per heavy atom. The van der Waals surface area contributed by atoms with E-state index in [0.29, 0.717) is 35.9 Å². The minimum atomic E-state index is -4.45. The number of alkyl halides is 3. The largest absolute Gasteiger partial charge is 0.416 e. The van der Waals surface area contributed by atoms with Crippen LogP contribution in [0.4, 0.5) is 24.7 Å². The first-order valence-corrected chi connectivity index (χ1v) is 10.3. The predicted octanol–water partition coefficient (Wildman–Crippen LogP) is 5.51. The normalized spacial score (nSPS) is 16.8. The van der Waals surface area contributed by atoms with Crippen molar-refractivity contribution >= 4 is 34.8 Å². The highest BCUT2D eigenvalue weighted by molar-refractivity contribution is 6.33. The van der Waals surface area contributed by atoms with Crippen molar-refractivity contribution in [3.8, 4) is 0 Å². The summed E-state index contributed by atoms with van der Waals surface area (Å²) in [5.74, 6) is 0.0327. The Bertz CT molecular complexity index is 994. The first kappa shape index (κ1) is 23.1. The van der Waals surface area contributed by atoms with Crippen molar-refractivity contribution in [1.29, 1.82) is 0 Å². The van der Waals surface area contributed by atoms with Crippen molar-refractivity contribution in [2.75, 3.05) is 23.3 Å². The van der Waals surface area contributed by atoms with Crippen molar-refractivity contribution in [3.05, 3.63) is 52.2 Å². The van der Waals surface area contributed by atoms with Crippen LogP contribution in [0, 0.1) is 12.8 Å². The molecule has 0 radical (unpaired) electrons. The molecule has 31 heavy (non-hydrogen) atoms. The number of ketones is 1. The van der Waals surface area contributed by atoms with Gasteiger partial charge in [0.2, 0.25) is 5.91 Å². The quantitative estimate of drug-likeness (QED) is 0.606. The van der Waals surface area contributed by atoms with Crippen LogP contribution in [0.5, 0.6) is 0 Å². The monoisotopic (exact) mass is 453 g/mol. The maximum absolute atomic E-state index is 12.9. The smallest absolute Gasteiger partial charge is 0.370 e. The fraction of sp³-hybridized carbons (Fsp3) is 0.409. The third-order valence-corrected chi connectivity index (χ3v) is 5.49. The molecule has 3 rings (SSSR count). The van der Waals surface area contributed by atoms with E-state index in [2.05, 4.69) is 10.3 Å². The number of pyridine rings is 1. The van der Waals surface area contributed by atoms with Gasteiger partial charge < -0.3 is 10.2 Å². The van der Waals surface area contributed by atoms with Gasteiger partial charge in [-0.15, -0.1) is 0 Å². The average Bonchev–Trinajstić information content (AvgIpc) is 2.66. The average molecular weight is 454 g/mol. The lowest BCUT2D eigenvalue weighted by Gasteiger charge is -2.35. The van der Waals surface area contributed by atoms with Crippen molar-refractivity contribution in [2.45, 2.75) is 39.3 Å². The van der Waals surface area contributed by atoms with Gasteiger partial charge in [0, 0.05) is 37.7 Å². The molecule has 9 heteroatoms. The molecule has 1 atom stereocenters. The highest BCUT2D eigenvalue weighted by Gasteiger charge is 2.32. The summed E-state index contributed by atoms with van der Waals surface area (Å²) < 4.78 is 38.7. The second-order valence-electron chi connectivity index (χ2n) is 7.81. The summed E-state index contributed by atoms with van der Waals surface area (Å²) in [5.41, 5.74) is 0.852. The molecule has 166 valence electrons. The highest BCUT2D eigenvalue weighted by Crippen LogP contribution is 2.36. The number of hydrogen-bond acceptors (Lipinski definition) is 4. The highest BCUT2D eigenvalue weighted by atomic mass is 35.5. The van der Waals surface area contributed by atoms with Crippen LogP contribution in [0.3, 0.4) is 0 Å².